The Kier molecular flexibility index (Phi) is 6.69. The van der Waals surface area contributed by atoms with Crippen LogP contribution in [0.5, 0.6) is 0 Å². The number of benzene rings is 1. The van der Waals surface area contributed by atoms with Gasteiger partial charge in [0.05, 0.1) is 5.75 Å². The summed E-state index contributed by atoms with van der Waals surface area (Å²) in [6, 6.07) is 10.4. The number of hydrogen-bond acceptors (Lipinski definition) is 6. The molecular weight excluding hydrogens is 352 g/mol. The van der Waals surface area contributed by atoms with Crippen molar-refractivity contribution in [1.29, 1.82) is 0 Å². The average Bonchev–Trinajstić information content (AvgIpc) is 3.08. The van der Waals surface area contributed by atoms with Crippen molar-refractivity contribution in [2.45, 2.75) is 49.5 Å². The molecule has 1 saturated carbocycles. The van der Waals surface area contributed by atoms with Crippen LogP contribution in [-0.4, -0.2) is 27.9 Å². The van der Waals surface area contributed by atoms with Crippen LogP contribution < -0.4 is 10.6 Å². The maximum absolute atomic E-state index is 12.0. The molecule has 3 rings (SSSR count). The number of thioether (sulfide) groups is 1. The predicted molar refractivity (Wildman–Crippen MR) is 104 cm³/mol. The van der Waals surface area contributed by atoms with Crippen LogP contribution in [0, 0.1) is 5.92 Å². The SMILES string of the molecule is C[C@@H]1CCCC[C@@H]1Nc1nnc(SCC(=O)NCc2ccccc2)s1. The first-order valence-electron chi connectivity index (χ1n) is 8.74. The van der Waals surface area contributed by atoms with Crippen molar-refractivity contribution in [3.05, 3.63) is 35.9 Å². The third kappa shape index (κ3) is 5.71. The molecule has 1 fully saturated rings. The minimum absolute atomic E-state index is 0.0134. The highest BCUT2D eigenvalue weighted by molar-refractivity contribution is 8.01. The van der Waals surface area contributed by atoms with Gasteiger partial charge in [-0.25, -0.2) is 0 Å². The highest BCUT2D eigenvalue weighted by Gasteiger charge is 2.22. The fourth-order valence-corrected chi connectivity index (χ4v) is 4.63. The molecule has 2 atom stereocenters. The lowest BCUT2D eigenvalue weighted by Crippen LogP contribution is -2.30. The monoisotopic (exact) mass is 376 g/mol. The summed E-state index contributed by atoms with van der Waals surface area (Å²) in [5, 5.41) is 15.7. The van der Waals surface area contributed by atoms with Crippen molar-refractivity contribution in [2.75, 3.05) is 11.1 Å². The van der Waals surface area contributed by atoms with Crippen molar-refractivity contribution in [3.8, 4) is 0 Å². The topological polar surface area (TPSA) is 66.9 Å². The van der Waals surface area contributed by atoms with Gasteiger partial charge < -0.3 is 10.6 Å². The van der Waals surface area contributed by atoms with Crippen LogP contribution in [0.25, 0.3) is 0 Å². The summed E-state index contributed by atoms with van der Waals surface area (Å²) in [6.45, 7) is 2.85. The van der Waals surface area contributed by atoms with Crippen LogP contribution in [0.4, 0.5) is 5.13 Å². The molecule has 134 valence electrons. The van der Waals surface area contributed by atoms with Crippen LogP contribution >= 0.6 is 23.1 Å². The van der Waals surface area contributed by atoms with E-state index in [0.717, 1.165) is 15.0 Å². The van der Waals surface area contributed by atoms with Crippen LogP contribution in [-0.2, 0) is 11.3 Å². The molecule has 1 aliphatic rings. The summed E-state index contributed by atoms with van der Waals surface area (Å²) < 4.78 is 0.834. The van der Waals surface area contributed by atoms with Gasteiger partial charge >= 0.3 is 0 Å². The van der Waals surface area contributed by atoms with Crippen molar-refractivity contribution >= 4 is 34.1 Å². The molecule has 0 saturated heterocycles. The lowest BCUT2D eigenvalue weighted by Gasteiger charge is -2.29. The molecule has 1 aliphatic carbocycles. The van der Waals surface area contributed by atoms with Crippen molar-refractivity contribution in [2.24, 2.45) is 5.92 Å². The van der Waals surface area contributed by atoms with Gasteiger partial charge in [-0.3, -0.25) is 4.79 Å². The Hall–Kier alpha value is -1.60. The molecule has 1 heterocycles. The molecule has 0 radical (unpaired) electrons. The summed E-state index contributed by atoms with van der Waals surface area (Å²) in [5.74, 6) is 1.05. The van der Waals surface area contributed by atoms with Crippen LogP contribution in [0.3, 0.4) is 0 Å². The molecule has 1 aromatic carbocycles. The Morgan fingerprint density at radius 2 is 2.04 bits per heavy atom. The molecule has 2 aromatic rings. The van der Waals surface area contributed by atoms with E-state index in [0.29, 0.717) is 24.3 Å². The maximum Gasteiger partial charge on any atom is 0.230 e. The van der Waals surface area contributed by atoms with Gasteiger partial charge in [-0.1, -0.05) is 73.2 Å². The van der Waals surface area contributed by atoms with Gasteiger partial charge in [-0.2, -0.15) is 0 Å². The molecule has 7 heteroatoms. The minimum atomic E-state index is 0.0134. The van der Waals surface area contributed by atoms with Gasteiger partial charge in [-0.05, 0) is 24.3 Å². The molecule has 0 unspecified atom stereocenters. The summed E-state index contributed by atoms with van der Waals surface area (Å²) in [7, 11) is 0. The molecule has 0 aliphatic heterocycles. The maximum atomic E-state index is 12.0. The first-order valence-corrected chi connectivity index (χ1v) is 10.5. The van der Waals surface area contributed by atoms with Crippen LogP contribution in [0.1, 0.15) is 38.2 Å². The van der Waals surface area contributed by atoms with Gasteiger partial charge in [0.15, 0.2) is 4.34 Å². The van der Waals surface area contributed by atoms with Gasteiger partial charge in [0.2, 0.25) is 11.0 Å². The number of rotatable bonds is 7. The second kappa shape index (κ2) is 9.20. The number of anilines is 1. The first kappa shape index (κ1) is 18.2. The molecule has 25 heavy (non-hydrogen) atoms. The Morgan fingerprint density at radius 1 is 1.24 bits per heavy atom. The zero-order valence-electron chi connectivity index (χ0n) is 14.4. The highest BCUT2D eigenvalue weighted by Crippen LogP contribution is 2.30. The second-order valence-corrected chi connectivity index (χ2v) is 8.64. The Labute approximate surface area is 157 Å². The van der Waals surface area contributed by atoms with Crippen molar-refractivity contribution < 1.29 is 4.79 Å². The van der Waals surface area contributed by atoms with Gasteiger partial charge in [0.1, 0.15) is 0 Å². The van der Waals surface area contributed by atoms with Crippen molar-refractivity contribution in [3.63, 3.8) is 0 Å². The number of hydrogen-bond donors (Lipinski definition) is 2. The van der Waals surface area contributed by atoms with Gasteiger partial charge in [-0.15, -0.1) is 10.2 Å². The van der Waals surface area contributed by atoms with E-state index in [4.69, 9.17) is 0 Å². The molecule has 0 spiro atoms. The van der Waals surface area contributed by atoms with Gasteiger partial charge in [0.25, 0.3) is 0 Å². The van der Waals surface area contributed by atoms with E-state index < -0.39 is 0 Å². The largest absolute Gasteiger partial charge is 0.357 e. The highest BCUT2D eigenvalue weighted by atomic mass is 32.2. The third-order valence-corrected chi connectivity index (χ3v) is 6.47. The second-order valence-electron chi connectivity index (χ2n) is 6.44. The van der Waals surface area contributed by atoms with E-state index in [9.17, 15) is 4.79 Å². The number of nitrogens with one attached hydrogen (secondary N) is 2. The van der Waals surface area contributed by atoms with Gasteiger partial charge in [0, 0.05) is 12.6 Å². The number of amides is 1. The van der Waals surface area contributed by atoms with E-state index in [1.54, 1.807) is 0 Å². The molecule has 5 nitrogen and oxygen atoms in total. The van der Waals surface area contributed by atoms with E-state index >= 15 is 0 Å². The fourth-order valence-electron chi connectivity index (χ4n) is 2.99. The number of nitrogens with zero attached hydrogens (tertiary/aromatic N) is 2. The van der Waals surface area contributed by atoms with E-state index in [1.807, 2.05) is 30.3 Å². The molecule has 1 aromatic heterocycles. The van der Waals surface area contributed by atoms with E-state index in [2.05, 4.69) is 27.8 Å². The summed E-state index contributed by atoms with van der Waals surface area (Å²) in [5.41, 5.74) is 1.10. The Bertz CT molecular complexity index is 677. The number of aromatic nitrogens is 2. The summed E-state index contributed by atoms with van der Waals surface area (Å²) in [6.07, 6.45) is 5.09. The first-order chi connectivity index (χ1) is 12.2. The minimum Gasteiger partial charge on any atom is -0.357 e. The third-order valence-electron chi connectivity index (χ3n) is 4.49. The molecule has 0 bridgehead atoms. The van der Waals surface area contributed by atoms with E-state index in [-0.39, 0.29) is 5.91 Å². The lowest BCUT2D eigenvalue weighted by molar-refractivity contribution is -0.118. The van der Waals surface area contributed by atoms with E-state index in [1.165, 1.54) is 48.8 Å². The van der Waals surface area contributed by atoms with Crippen LogP contribution in [0.2, 0.25) is 0 Å². The Morgan fingerprint density at radius 3 is 2.84 bits per heavy atom. The Balaban J connectivity index is 1.41. The molecular formula is C18H24N4OS2. The number of carbonyl (C=O) groups excluding carboxylic acids is 1. The standard InChI is InChI=1S/C18H24N4OS2/c1-13-7-5-6-10-15(13)20-17-21-22-18(25-17)24-12-16(23)19-11-14-8-3-2-4-9-14/h2-4,8-9,13,15H,5-7,10-12H2,1H3,(H,19,23)(H,20,21)/t13-,15+/m1/s1. The number of carbonyl (C=O) groups is 1. The fraction of sp³-hybridized carbons (Fsp3) is 0.500. The normalized spacial score (nSPS) is 20.2. The predicted octanol–water partition coefficient (Wildman–Crippen LogP) is 3.94. The molecule has 1 amide bonds. The summed E-state index contributed by atoms with van der Waals surface area (Å²) >= 11 is 2.97. The van der Waals surface area contributed by atoms with Crippen molar-refractivity contribution in [1.82, 2.24) is 15.5 Å². The zero-order valence-corrected chi connectivity index (χ0v) is 16.0. The lowest BCUT2D eigenvalue weighted by atomic mass is 9.86. The van der Waals surface area contributed by atoms with Crippen LogP contribution in [0.15, 0.2) is 34.7 Å². The average molecular weight is 377 g/mol. The quantitative estimate of drug-likeness (QED) is 0.717. The smallest absolute Gasteiger partial charge is 0.230 e. The zero-order chi connectivity index (χ0) is 17.5. The molecule has 2 N–H and O–H groups in total. The summed E-state index contributed by atoms with van der Waals surface area (Å²) in [4.78, 5) is 12.0.